The van der Waals surface area contributed by atoms with Gasteiger partial charge in [-0.2, -0.15) is 0 Å². The van der Waals surface area contributed by atoms with Gasteiger partial charge in [-0.15, -0.1) is 11.3 Å². The minimum absolute atomic E-state index is 0.334. The number of nitrogens with zero attached hydrogens (tertiary/aromatic N) is 3. The van der Waals surface area contributed by atoms with Crippen molar-refractivity contribution < 1.29 is 9.18 Å². The number of carbonyl (C=O) groups is 1. The molecule has 0 saturated heterocycles. The van der Waals surface area contributed by atoms with Gasteiger partial charge in [0.2, 0.25) is 0 Å². The van der Waals surface area contributed by atoms with Crippen molar-refractivity contribution in [2.75, 3.05) is 5.32 Å². The largest absolute Gasteiger partial charge is 0.336 e. The quantitative estimate of drug-likeness (QED) is 0.772. The maximum atomic E-state index is 13.2. The average molecular weight is 331 g/mol. The Bertz CT molecular complexity index is 785. The fourth-order valence-electron chi connectivity index (χ4n) is 2.16. The lowest BCUT2D eigenvalue weighted by Crippen LogP contribution is -2.34. The highest BCUT2D eigenvalue weighted by Crippen LogP contribution is 2.21. The zero-order valence-corrected chi connectivity index (χ0v) is 13.0. The molecule has 8 heteroatoms. The highest BCUT2D eigenvalue weighted by atomic mass is 32.1. The third kappa shape index (κ3) is 3.54. The maximum absolute atomic E-state index is 13.2. The molecule has 2 aromatic heterocycles. The molecule has 0 spiro atoms. The SMILES string of the molecule is Cn1ccnc1C(NC(=O)Nc1nccs1)c1ccc(F)cc1. The number of urea groups is 1. The first-order valence-corrected chi connectivity index (χ1v) is 7.71. The molecule has 2 heterocycles. The van der Waals surface area contributed by atoms with Gasteiger partial charge in [-0.3, -0.25) is 5.32 Å². The van der Waals surface area contributed by atoms with Gasteiger partial charge in [-0.1, -0.05) is 12.1 Å². The standard InChI is InChI=1S/C15H14FN5OS/c1-21-8-6-17-13(21)12(10-2-4-11(16)5-3-10)19-14(22)20-15-18-7-9-23-15/h2-9,12H,1H3,(H2,18,19,20,22). The molecule has 6 nitrogen and oxygen atoms in total. The van der Waals surface area contributed by atoms with E-state index in [1.807, 2.05) is 7.05 Å². The molecule has 0 radical (unpaired) electrons. The van der Waals surface area contributed by atoms with Crippen LogP contribution in [0.1, 0.15) is 17.4 Å². The van der Waals surface area contributed by atoms with Crippen LogP contribution < -0.4 is 10.6 Å². The Balaban J connectivity index is 1.85. The molecule has 1 unspecified atom stereocenters. The molecule has 0 fully saturated rings. The molecule has 0 saturated carbocycles. The molecule has 0 aliphatic heterocycles. The second kappa shape index (κ2) is 6.57. The van der Waals surface area contributed by atoms with E-state index in [2.05, 4.69) is 20.6 Å². The first-order chi connectivity index (χ1) is 11.1. The zero-order chi connectivity index (χ0) is 16.2. The fraction of sp³-hybridized carbons (Fsp3) is 0.133. The summed E-state index contributed by atoms with van der Waals surface area (Å²) >= 11 is 1.32. The number of nitrogens with one attached hydrogen (secondary N) is 2. The third-order valence-electron chi connectivity index (χ3n) is 3.25. The van der Waals surface area contributed by atoms with Crippen molar-refractivity contribution in [2.45, 2.75) is 6.04 Å². The monoisotopic (exact) mass is 331 g/mol. The van der Waals surface area contributed by atoms with Crippen LogP contribution in [0.15, 0.2) is 48.2 Å². The zero-order valence-electron chi connectivity index (χ0n) is 12.2. The lowest BCUT2D eigenvalue weighted by molar-refractivity contribution is 0.249. The van der Waals surface area contributed by atoms with Crippen LogP contribution in [0.25, 0.3) is 0 Å². The molecule has 0 bridgehead atoms. The molecular weight excluding hydrogens is 317 g/mol. The van der Waals surface area contributed by atoms with Crippen molar-refractivity contribution in [1.82, 2.24) is 19.9 Å². The Kier molecular flexibility index (Phi) is 4.33. The topological polar surface area (TPSA) is 71.8 Å². The van der Waals surface area contributed by atoms with E-state index in [-0.39, 0.29) is 5.82 Å². The van der Waals surface area contributed by atoms with E-state index in [0.717, 1.165) is 5.56 Å². The molecule has 23 heavy (non-hydrogen) atoms. The highest BCUT2D eigenvalue weighted by Gasteiger charge is 2.21. The van der Waals surface area contributed by atoms with Crippen molar-refractivity contribution in [2.24, 2.45) is 7.05 Å². The Morgan fingerprint density at radius 1 is 1.26 bits per heavy atom. The van der Waals surface area contributed by atoms with E-state index in [0.29, 0.717) is 11.0 Å². The van der Waals surface area contributed by atoms with Crippen LogP contribution in [0, 0.1) is 5.82 Å². The summed E-state index contributed by atoms with van der Waals surface area (Å²) in [4.78, 5) is 20.5. The van der Waals surface area contributed by atoms with Crippen molar-refractivity contribution in [3.05, 3.63) is 65.4 Å². The number of hydrogen-bond acceptors (Lipinski definition) is 4. The van der Waals surface area contributed by atoms with Crippen LogP contribution in [0.4, 0.5) is 14.3 Å². The Morgan fingerprint density at radius 2 is 2.04 bits per heavy atom. The van der Waals surface area contributed by atoms with Crippen molar-refractivity contribution in [3.63, 3.8) is 0 Å². The molecule has 3 aromatic rings. The molecule has 3 rings (SSSR count). The van der Waals surface area contributed by atoms with Crippen LogP contribution in [0.3, 0.4) is 0 Å². The number of halogens is 1. The summed E-state index contributed by atoms with van der Waals surface area (Å²) in [6, 6.07) is 5.04. The number of aromatic nitrogens is 3. The Morgan fingerprint density at radius 3 is 2.65 bits per heavy atom. The van der Waals surface area contributed by atoms with E-state index in [4.69, 9.17) is 0 Å². The lowest BCUT2D eigenvalue weighted by atomic mass is 10.1. The summed E-state index contributed by atoms with van der Waals surface area (Å²) in [6.07, 6.45) is 5.04. The number of hydrogen-bond donors (Lipinski definition) is 2. The summed E-state index contributed by atoms with van der Waals surface area (Å²) in [5, 5.41) is 7.78. The van der Waals surface area contributed by atoms with Crippen molar-refractivity contribution >= 4 is 22.5 Å². The minimum Gasteiger partial charge on any atom is -0.336 e. The van der Waals surface area contributed by atoms with Gasteiger partial charge in [0.05, 0.1) is 0 Å². The van der Waals surface area contributed by atoms with Gasteiger partial charge in [-0.25, -0.2) is 19.2 Å². The summed E-state index contributed by atoms with van der Waals surface area (Å²) in [7, 11) is 1.83. The van der Waals surface area contributed by atoms with E-state index in [1.54, 1.807) is 40.7 Å². The number of carbonyl (C=O) groups excluding carboxylic acids is 1. The minimum atomic E-state index is -0.504. The van der Waals surface area contributed by atoms with Crippen LogP contribution in [0.5, 0.6) is 0 Å². The second-order valence-corrected chi connectivity index (χ2v) is 5.71. The number of anilines is 1. The average Bonchev–Trinajstić information content (AvgIpc) is 3.18. The Labute approximate surface area is 136 Å². The molecule has 1 atom stereocenters. The van der Waals surface area contributed by atoms with E-state index in [1.165, 1.54) is 23.5 Å². The van der Waals surface area contributed by atoms with Gasteiger partial charge in [0.25, 0.3) is 0 Å². The number of amides is 2. The lowest BCUT2D eigenvalue weighted by Gasteiger charge is -2.19. The number of benzene rings is 1. The van der Waals surface area contributed by atoms with Gasteiger partial charge in [0.1, 0.15) is 17.7 Å². The van der Waals surface area contributed by atoms with E-state index < -0.39 is 12.1 Å². The maximum Gasteiger partial charge on any atom is 0.321 e. The molecular formula is C15H14FN5OS. The Hall–Kier alpha value is -2.74. The number of aryl methyl sites for hydroxylation is 1. The van der Waals surface area contributed by atoms with Gasteiger partial charge >= 0.3 is 6.03 Å². The first kappa shape index (κ1) is 15.2. The van der Waals surface area contributed by atoms with Crippen molar-refractivity contribution in [1.29, 1.82) is 0 Å². The number of imidazole rings is 1. The van der Waals surface area contributed by atoms with Crippen molar-refractivity contribution in [3.8, 4) is 0 Å². The fourth-order valence-corrected chi connectivity index (χ4v) is 2.68. The van der Waals surface area contributed by atoms with Crippen LogP contribution in [-0.4, -0.2) is 20.6 Å². The second-order valence-electron chi connectivity index (χ2n) is 4.82. The van der Waals surface area contributed by atoms with Crippen LogP contribution in [-0.2, 0) is 7.05 Å². The predicted octanol–water partition coefficient (Wildman–Crippen LogP) is 2.93. The summed E-state index contributed by atoms with van der Waals surface area (Å²) in [5.41, 5.74) is 0.731. The van der Waals surface area contributed by atoms with Gasteiger partial charge in [0, 0.05) is 31.0 Å². The molecule has 0 aliphatic carbocycles. The number of rotatable bonds is 4. The van der Waals surface area contributed by atoms with E-state index >= 15 is 0 Å². The summed E-state index contributed by atoms with van der Waals surface area (Å²) in [5.74, 6) is 0.311. The smallest absolute Gasteiger partial charge is 0.321 e. The third-order valence-corrected chi connectivity index (χ3v) is 3.94. The summed E-state index contributed by atoms with van der Waals surface area (Å²) < 4.78 is 15.0. The number of thiazole rings is 1. The van der Waals surface area contributed by atoms with Gasteiger partial charge in [0.15, 0.2) is 5.13 Å². The highest BCUT2D eigenvalue weighted by molar-refractivity contribution is 7.13. The van der Waals surface area contributed by atoms with E-state index in [9.17, 15) is 9.18 Å². The molecule has 2 N–H and O–H groups in total. The first-order valence-electron chi connectivity index (χ1n) is 6.83. The van der Waals surface area contributed by atoms with Gasteiger partial charge in [-0.05, 0) is 17.7 Å². The molecule has 118 valence electrons. The van der Waals surface area contributed by atoms with Crippen LogP contribution in [0.2, 0.25) is 0 Å². The summed E-state index contributed by atoms with van der Waals surface area (Å²) in [6.45, 7) is 0. The molecule has 2 amide bonds. The predicted molar refractivity (Wildman–Crippen MR) is 85.7 cm³/mol. The van der Waals surface area contributed by atoms with Gasteiger partial charge < -0.3 is 9.88 Å². The molecule has 1 aromatic carbocycles. The molecule has 0 aliphatic rings. The normalized spacial score (nSPS) is 11.9. The van der Waals surface area contributed by atoms with Crippen LogP contribution >= 0.6 is 11.3 Å².